The number of fused-ring (bicyclic) bond motifs is 2. The molecular formula is C32H44N4O10. The fourth-order valence-corrected chi connectivity index (χ4v) is 3.99. The van der Waals surface area contributed by atoms with E-state index in [-0.39, 0.29) is 102 Å². The molecule has 2 aromatic rings. The highest BCUT2D eigenvalue weighted by atomic mass is 16.6. The van der Waals surface area contributed by atoms with Crippen molar-refractivity contribution < 1.29 is 47.6 Å². The smallest absolute Gasteiger partial charge is 0.224 e. The van der Waals surface area contributed by atoms with Crippen molar-refractivity contribution in [2.45, 2.75) is 53.4 Å². The second kappa shape index (κ2) is 19.1. The van der Waals surface area contributed by atoms with Crippen molar-refractivity contribution in [3.05, 3.63) is 24.3 Å². The van der Waals surface area contributed by atoms with Crippen molar-refractivity contribution in [2.24, 2.45) is 0 Å². The Kier molecular flexibility index (Phi) is 14.9. The summed E-state index contributed by atoms with van der Waals surface area (Å²) in [6.07, 6.45) is 1.01. The van der Waals surface area contributed by atoms with E-state index in [4.69, 9.17) is 28.4 Å². The van der Waals surface area contributed by atoms with Crippen LogP contribution in [0.2, 0.25) is 0 Å². The second-order valence-electron chi connectivity index (χ2n) is 9.91. The number of hydrogen-bond donors (Lipinski definition) is 4. The molecule has 14 heteroatoms. The Hall–Kier alpha value is -4.56. The van der Waals surface area contributed by atoms with Gasteiger partial charge in [-0.05, 0) is 0 Å². The molecule has 4 amide bonds. The molecule has 0 aromatic heterocycles. The molecule has 46 heavy (non-hydrogen) atoms. The Balaban J connectivity index is 1.79. The van der Waals surface area contributed by atoms with E-state index in [0.717, 1.165) is 0 Å². The average Bonchev–Trinajstić information content (AvgIpc) is 3.05. The largest absolute Gasteiger partial charge is 0.487 e. The van der Waals surface area contributed by atoms with Crippen LogP contribution in [-0.2, 0) is 28.7 Å². The standard InChI is InChI=1S/C32H44N4O10/c1-5-29(37)33-21-17-25-26(18-22(21)34-30(38)6-2)44-14-10-42-12-16-46-28-20-24(36-32(40)8-4)23(35-31(39)7-3)19-27(28)45-15-11-41-9-13-43-25/h17-20H,5-16H2,1-4H3,(H,33,37)(H,34,38)(H,35,39)(H,36,40). The molecule has 2 aromatic carbocycles. The van der Waals surface area contributed by atoms with Crippen LogP contribution in [0, 0.1) is 0 Å². The third kappa shape index (κ3) is 11.4. The highest BCUT2D eigenvalue weighted by Gasteiger charge is 2.18. The summed E-state index contributed by atoms with van der Waals surface area (Å²) in [6, 6.07) is 6.42. The highest BCUT2D eigenvalue weighted by molar-refractivity contribution is 6.01. The Labute approximate surface area is 268 Å². The van der Waals surface area contributed by atoms with Crippen LogP contribution in [0.5, 0.6) is 23.0 Å². The van der Waals surface area contributed by atoms with Gasteiger partial charge in [-0.1, -0.05) is 27.7 Å². The molecule has 14 nitrogen and oxygen atoms in total. The van der Waals surface area contributed by atoms with Gasteiger partial charge >= 0.3 is 0 Å². The van der Waals surface area contributed by atoms with Gasteiger partial charge in [0.2, 0.25) is 23.6 Å². The summed E-state index contributed by atoms with van der Waals surface area (Å²) < 4.78 is 35.3. The van der Waals surface area contributed by atoms with E-state index < -0.39 is 0 Å². The summed E-state index contributed by atoms with van der Waals surface area (Å²) in [5, 5.41) is 11.2. The number of benzene rings is 2. The lowest BCUT2D eigenvalue weighted by atomic mass is 10.2. The molecular weight excluding hydrogens is 600 g/mol. The third-order valence-electron chi connectivity index (χ3n) is 6.49. The van der Waals surface area contributed by atoms with Gasteiger partial charge in [0.15, 0.2) is 23.0 Å². The van der Waals surface area contributed by atoms with Gasteiger partial charge in [0.1, 0.15) is 26.4 Å². The number of carbonyl (C=O) groups is 4. The van der Waals surface area contributed by atoms with E-state index >= 15 is 0 Å². The summed E-state index contributed by atoms with van der Waals surface area (Å²) >= 11 is 0. The van der Waals surface area contributed by atoms with Crippen molar-refractivity contribution in [1.82, 2.24) is 0 Å². The molecule has 0 bridgehead atoms. The van der Waals surface area contributed by atoms with E-state index in [1.54, 1.807) is 52.0 Å². The SMILES string of the molecule is CCC(=O)Nc1cc2c(cc1NC(=O)CC)OCCOCCOc1cc(NC(=O)CC)c(NC(=O)CC)cc1OCCOCCO2. The predicted molar refractivity (Wildman–Crippen MR) is 172 cm³/mol. The maximum absolute atomic E-state index is 12.2. The van der Waals surface area contributed by atoms with Crippen LogP contribution in [0.25, 0.3) is 0 Å². The van der Waals surface area contributed by atoms with Crippen molar-refractivity contribution in [3.63, 3.8) is 0 Å². The van der Waals surface area contributed by atoms with Crippen LogP contribution in [-0.4, -0.2) is 76.5 Å². The predicted octanol–water partition coefficient (Wildman–Crippen LogP) is 4.34. The van der Waals surface area contributed by atoms with Crippen LogP contribution in [0.3, 0.4) is 0 Å². The molecule has 0 saturated carbocycles. The number of rotatable bonds is 8. The van der Waals surface area contributed by atoms with E-state index in [1.807, 2.05) is 0 Å². The lowest BCUT2D eigenvalue weighted by molar-refractivity contribution is -0.116. The molecule has 0 fully saturated rings. The number of anilines is 4. The minimum Gasteiger partial charge on any atom is -0.487 e. The van der Waals surface area contributed by atoms with Gasteiger partial charge in [-0.2, -0.15) is 0 Å². The number of hydrogen-bond acceptors (Lipinski definition) is 10. The van der Waals surface area contributed by atoms with Gasteiger partial charge in [-0.3, -0.25) is 19.2 Å². The van der Waals surface area contributed by atoms with E-state index in [9.17, 15) is 19.2 Å². The maximum Gasteiger partial charge on any atom is 0.224 e. The number of ether oxygens (including phenoxy) is 6. The fraction of sp³-hybridized carbons (Fsp3) is 0.500. The van der Waals surface area contributed by atoms with Crippen LogP contribution >= 0.6 is 0 Å². The van der Waals surface area contributed by atoms with Gasteiger partial charge < -0.3 is 49.7 Å². The molecule has 252 valence electrons. The topological polar surface area (TPSA) is 172 Å². The molecule has 0 spiro atoms. The summed E-state index contributed by atoms with van der Waals surface area (Å²) in [5.74, 6) is 0.508. The van der Waals surface area contributed by atoms with E-state index in [2.05, 4.69) is 21.3 Å². The second-order valence-corrected chi connectivity index (χ2v) is 9.91. The Morgan fingerprint density at radius 1 is 0.435 bits per heavy atom. The summed E-state index contributed by atoms with van der Waals surface area (Å²) in [4.78, 5) is 48.7. The average molecular weight is 645 g/mol. The van der Waals surface area contributed by atoms with Crippen molar-refractivity contribution in [3.8, 4) is 23.0 Å². The summed E-state index contributed by atoms with van der Waals surface area (Å²) in [7, 11) is 0. The van der Waals surface area contributed by atoms with E-state index in [1.165, 1.54) is 0 Å². The number of amides is 4. The highest BCUT2D eigenvalue weighted by Crippen LogP contribution is 2.38. The monoisotopic (exact) mass is 644 g/mol. The lowest BCUT2D eigenvalue weighted by Crippen LogP contribution is -2.18. The Morgan fingerprint density at radius 3 is 0.848 bits per heavy atom. The molecule has 4 N–H and O–H groups in total. The molecule has 0 unspecified atom stereocenters. The van der Waals surface area contributed by atoms with Gasteiger partial charge in [0, 0.05) is 49.9 Å². The molecule has 0 saturated heterocycles. The lowest BCUT2D eigenvalue weighted by Gasteiger charge is -2.20. The van der Waals surface area contributed by atoms with Gasteiger partial charge in [-0.15, -0.1) is 0 Å². The molecule has 0 aliphatic carbocycles. The zero-order valence-corrected chi connectivity index (χ0v) is 26.9. The Bertz CT molecular complexity index is 1150. The van der Waals surface area contributed by atoms with Crippen molar-refractivity contribution >= 4 is 46.4 Å². The minimum atomic E-state index is -0.226. The first kappa shape index (κ1) is 35.9. The molecule has 1 aliphatic rings. The first-order valence-electron chi connectivity index (χ1n) is 15.5. The van der Waals surface area contributed by atoms with Crippen molar-refractivity contribution in [1.29, 1.82) is 0 Å². The number of nitrogens with one attached hydrogen (secondary N) is 4. The van der Waals surface area contributed by atoms with Crippen LogP contribution in [0.1, 0.15) is 53.4 Å². The van der Waals surface area contributed by atoms with Crippen LogP contribution in [0.4, 0.5) is 22.7 Å². The molecule has 1 heterocycles. The van der Waals surface area contributed by atoms with Crippen LogP contribution < -0.4 is 40.2 Å². The minimum absolute atomic E-state index is 0.155. The molecule has 1 aliphatic heterocycles. The van der Waals surface area contributed by atoms with Crippen molar-refractivity contribution in [2.75, 3.05) is 74.1 Å². The first-order chi connectivity index (χ1) is 22.3. The fourth-order valence-electron chi connectivity index (χ4n) is 3.99. The number of carbonyl (C=O) groups excluding carboxylic acids is 4. The first-order valence-corrected chi connectivity index (χ1v) is 15.5. The quantitative estimate of drug-likeness (QED) is 0.324. The zero-order chi connectivity index (χ0) is 33.3. The molecule has 0 atom stereocenters. The summed E-state index contributed by atoms with van der Waals surface area (Å²) in [6.45, 7) is 8.36. The molecule has 3 rings (SSSR count). The zero-order valence-electron chi connectivity index (χ0n) is 26.9. The molecule has 0 radical (unpaired) electrons. The van der Waals surface area contributed by atoms with Crippen LogP contribution in [0.15, 0.2) is 24.3 Å². The maximum atomic E-state index is 12.2. The Morgan fingerprint density at radius 2 is 0.652 bits per heavy atom. The summed E-state index contributed by atoms with van der Waals surface area (Å²) in [5.41, 5.74) is 1.52. The van der Waals surface area contributed by atoms with Gasteiger partial charge in [-0.25, -0.2) is 0 Å². The third-order valence-corrected chi connectivity index (χ3v) is 6.49. The normalized spacial score (nSPS) is 14.2. The van der Waals surface area contributed by atoms with Gasteiger partial charge in [0.25, 0.3) is 0 Å². The van der Waals surface area contributed by atoms with E-state index in [0.29, 0.717) is 45.7 Å². The van der Waals surface area contributed by atoms with Gasteiger partial charge in [0.05, 0.1) is 49.2 Å².